The highest BCUT2D eigenvalue weighted by Gasteiger charge is 2.27. The number of benzene rings is 3. The molecule has 0 aliphatic carbocycles. The molecule has 3 aromatic rings. The number of halogens is 1. The lowest BCUT2D eigenvalue weighted by Gasteiger charge is -2.24. The van der Waals surface area contributed by atoms with E-state index in [1.807, 2.05) is 38.1 Å². The molecule has 0 saturated heterocycles. The van der Waals surface area contributed by atoms with Gasteiger partial charge in [0.2, 0.25) is 5.91 Å². The first kappa shape index (κ1) is 24.4. The van der Waals surface area contributed by atoms with Crippen LogP contribution in [0.4, 0.5) is 5.69 Å². The molecule has 0 bridgehead atoms. The quantitative estimate of drug-likeness (QED) is 0.305. The van der Waals surface area contributed by atoms with Gasteiger partial charge in [0.05, 0.1) is 10.6 Å². The van der Waals surface area contributed by atoms with E-state index in [1.165, 1.54) is 5.56 Å². The smallest absolute Gasteiger partial charge is 0.264 e. The van der Waals surface area contributed by atoms with Gasteiger partial charge in [-0.3, -0.25) is 9.10 Å². The van der Waals surface area contributed by atoms with Crippen molar-refractivity contribution in [3.05, 3.63) is 88.4 Å². The average molecular weight is 534 g/mol. The maximum absolute atomic E-state index is 13.3. The zero-order valence-electron chi connectivity index (χ0n) is 17.9. The van der Waals surface area contributed by atoms with Crippen LogP contribution in [-0.4, -0.2) is 33.2 Å². The summed E-state index contributed by atoms with van der Waals surface area (Å²) in [4.78, 5) is 13.9. The van der Waals surface area contributed by atoms with Gasteiger partial charge in [-0.05, 0) is 62.4 Å². The number of amides is 1. The number of nitrogens with one attached hydrogen (secondary N) is 1. The Morgan fingerprint density at radius 2 is 1.47 bits per heavy atom. The Balaban J connectivity index is 1.69. The molecule has 0 spiro atoms. The fourth-order valence-corrected chi connectivity index (χ4v) is 5.39. The van der Waals surface area contributed by atoms with Crippen molar-refractivity contribution in [3.63, 3.8) is 0 Å². The largest absolute Gasteiger partial charge is 0.354 e. The van der Waals surface area contributed by atoms with Crippen LogP contribution in [0.3, 0.4) is 0 Å². The van der Waals surface area contributed by atoms with Gasteiger partial charge >= 0.3 is 0 Å². The molecule has 0 atom stereocenters. The third-order valence-corrected chi connectivity index (χ3v) is 8.06. The molecule has 32 heavy (non-hydrogen) atoms. The molecule has 0 aliphatic rings. The standard InChI is InChI=1S/C24H25BrN2O3S2/c1-18-3-11-22(12-4-18)31-16-15-26-24(28)17-27(21-9-7-20(25)8-10-21)32(29,30)23-13-5-19(2)6-14-23/h3-14H,15-17H2,1-2H3,(H,26,28). The fraction of sp³-hybridized carbons (Fsp3) is 0.208. The minimum Gasteiger partial charge on any atom is -0.354 e. The molecule has 0 aromatic heterocycles. The number of anilines is 1. The Hall–Kier alpha value is -2.29. The summed E-state index contributed by atoms with van der Waals surface area (Å²) in [6.07, 6.45) is 0. The second-order valence-corrected chi connectivity index (χ2v) is 11.3. The lowest BCUT2D eigenvalue weighted by atomic mass is 10.2. The molecule has 168 valence electrons. The highest BCUT2D eigenvalue weighted by Crippen LogP contribution is 2.25. The van der Waals surface area contributed by atoms with Crippen LogP contribution in [0.2, 0.25) is 0 Å². The number of carbonyl (C=O) groups excluding carboxylic acids is 1. The summed E-state index contributed by atoms with van der Waals surface area (Å²) in [6, 6.07) is 21.7. The fourth-order valence-electron chi connectivity index (χ4n) is 2.94. The van der Waals surface area contributed by atoms with E-state index < -0.39 is 10.0 Å². The van der Waals surface area contributed by atoms with Gasteiger partial charge in [0.25, 0.3) is 10.0 Å². The molecule has 0 fully saturated rings. The van der Waals surface area contributed by atoms with Crippen LogP contribution in [0.25, 0.3) is 0 Å². The minimum atomic E-state index is -3.90. The molecule has 8 heteroatoms. The molecule has 0 aliphatic heterocycles. The van der Waals surface area contributed by atoms with Crippen LogP contribution < -0.4 is 9.62 Å². The molecule has 0 heterocycles. The summed E-state index contributed by atoms with van der Waals surface area (Å²) < 4.78 is 28.6. The average Bonchev–Trinajstić information content (AvgIpc) is 2.77. The number of hydrogen-bond acceptors (Lipinski definition) is 4. The normalized spacial score (nSPS) is 11.2. The first-order valence-electron chi connectivity index (χ1n) is 10.1. The molecule has 5 nitrogen and oxygen atoms in total. The van der Waals surface area contributed by atoms with E-state index in [4.69, 9.17) is 0 Å². The van der Waals surface area contributed by atoms with Crippen molar-refractivity contribution in [2.24, 2.45) is 0 Å². The second kappa shape index (κ2) is 11.0. The SMILES string of the molecule is Cc1ccc(SCCNC(=O)CN(c2ccc(Br)cc2)S(=O)(=O)c2ccc(C)cc2)cc1. The zero-order valence-corrected chi connectivity index (χ0v) is 21.1. The van der Waals surface area contributed by atoms with Crippen LogP contribution >= 0.6 is 27.7 Å². The van der Waals surface area contributed by atoms with E-state index in [-0.39, 0.29) is 17.3 Å². The van der Waals surface area contributed by atoms with Crippen molar-refractivity contribution in [2.45, 2.75) is 23.6 Å². The Morgan fingerprint density at radius 3 is 2.06 bits per heavy atom. The van der Waals surface area contributed by atoms with Crippen LogP contribution in [-0.2, 0) is 14.8 Å². The van der Waals surface area contributed by atoms with Crippen molar-refractivity contribution < 1.29 is 13.2 Å². The van der Waals surface area contributed by atoms with Crippen LogP contribution in [0.5, 0.6) is 0 Å². The lowest BCUT2D eigenvalue weighted by Crippen LogP contribution is -2.41. The molecular formula is C24H25BrN2O3S2. The highest BCUT2D eigenvalue weighted by atomic mass is 79.9. The predicted octanol–water partition coefficient (Wildman–Crippen LogP) is 5.17. The maximum atomic E-state index is 13.3. The molecular weight excluding hydrogens is 508 g/mol. The van der Waals surface area contributed by atoms with E-state index in [0.29, 0.717) is 18.0 Å². The van der Waals surface area contributed by atoms with Gasteiger partial charge in [0, 0.05) is 21.7 Å². The van der Waals surface area contributed by atoms with Crippen molar-refractivity contribution in [2.75, 3.05) is 23.1 Å². The Morgan fingerprint density at radius 1 is 0.906 bits per heavy atom. The summed E-state index contributed by atoms with van der Waals surface area (Å²) in [6.45, 7) is 4.07. The third kappa shape index (κ3) is 6.60. The van der Waals surface area contributed by atoms with Gasteiger partial charge in [-0.15, -0.1) is 11.8 Å². The monoisotopic (exact) mass is 532 g/mol. The maximum Gasteiger partial charge on any atom is 0.264 e. The van der Waals surface area contributed by atoms with Crippen LogP contribution in [0.1, 0.15) is 11.1 Å². The van der Waals surface area contributed by atoms with Crippen molar-refractivity contribution in [3.8, 4) is 0 Å². The lowest BCUT2D eigenvalue weighted by molar-refractivity contribution is -0.119. The van der Waals surface area contributed by atoms with Gasteiger partial charge in [0.1, 0.15) is 6.54 Å². The molecule has 1 N–H and O–H groups in total. The summed E-state index contributed by atoms with van der Waals surface area (Å²) >= 11 is 5.00. The van der Waals surface area contributed by atoms with Gasteiger partial charge < -0.3 is 5.32 Å². The van der Waals surface area contributed by atoms with Crippen molar-refractivity contribution >= 4 is 49.3 Å². The van der Waals surface area contributed by atoms with E-state index in [0.717, 1.165) is 19.2 Å². The molecule has 0 radical (unpaired) electrons. The zero-order chi connectivity index (χ0) is 23.1. The third-order valence-electron chi connectivity index (χ3n) is 4.72. The van der Waals surface area contributed by atoms with Crippen molar-refractivity contribution in [1.82, 2.24) is 5.32 Å². The number of nitrogens with zero attached hydrogens (tertiary/aromatic N) is 1. The van der Waals surface area contributed by atoms with Gasteiger partial charge in [-0.25, -0.2) is 8.42 Å². The number of carbonyl (C=O) groups is 1. The summed E-state index contributed by atoms with van der Waals surface area (Å²) in [5.41, 5.74) is 2.59. The number of rotatable bonds is 9. The molecule has 3 rings (SSSR count). The number of hydrogen-bond donors (Lipinski definition) is 1. The molecule has 0 saturated carbocycles. The summed E-state index contributed by atoms with van der Waals surface area (Å²) in [5.74, 6) is 0.339. The minimum absolute atomic E-state index is 0.147. The number of aryl methyl sites for hydroxylation is 2. The topological polar surface area (TPSA) is 66.5 Å². The van der Waals surface area contributed by atoms with E-state index in [1.54, 1.807) is 60.3 Å². The Labute approximate surface area is 202 Å². The highest BCUT2D eigenvalue weighted by molar-refractivity contribution is 9.10. The van der Waals surface area contributed by atoms with E-state index in [2.05, 4.69) is 21.2 Å². The second-order valence-electron chi connectivity index (χ2n) is 7.31. The van der Waals surface area contributed by atoms with E-state index in [9.17, 15) is 13.2 Å². The number of sulfonamides is 1. The van der Waals surface area contributed by atoms with Crippen molar-refractivity contribution in [1.29, 1.82) is 0 Å². The van der Waals surface area contributed by atoms with Crippen LogP contribution in [0, 0.1) is 13.8 Å². The summed E-state index contributed by atoms with van der Waals surface area (Å²) in [5, 5.41) is 2.83. The van der Waals surface area contributed by atoms with Gasteiger partial charge in [-0.1, -0.05) is 51.3 Å². The van der Waals surface area contributed by atoms with Gasteiger partial charge in [0.15, 0.2) is 0 Å². The molecule has 0 unspecified atom stereocenters. The predicted molar refractivity (Wildman–Crippen MR) is 135 cm³/mol. The Bertz CT molecular complexity index is 1150. The Kier molecular flexibility index (Phi) is 8.39. The van der Waals surface area contributed by atoms with Gasteiger partial charge in [-0.2, -0.15) is 0 Å². The van der Waals surface area contributed by atoms with E-state index >= 15 is 0 Å². The first-order chi connectivity index (χ1) is 15.3. The summed E-state index contributed by atoms with van der Waals surface area (Å²) in [7, 11) is -3.90. The van der Waals surface area contributed by atoms with Crippen LogP contribution in [0.15, 0.2) is 87.1 Å². The molecule has 3 aromatic carbocycles. The number of thioether (sulfide) groups is 1. The molecule has 1 amide bonds. The first-order valence-corrected chi connectivity index (χ1v) is 13.3.